The van der Waals surface area contributed by atoms with Gasteiger partial charge in [0.1, 0.15) is 0 Å². The van der Waals surface area contributed by atoms with Gasteiger partial charge in [-0.15, -0.1) is 0 Å². The Bertz CT molecular complexity index is 578. The summed E-state index contributed by atoms with van der Waals surface area (Å²) in [4.78, 5) is 26.3. The molecular formula is C18H23ClN2O2. The fourth-order valence-electron chi connectivity index (χ4n) is 3.18. The number of hydrogen-bond donors (Lipinski definition) is 1. The van der Waals surface area contributed by atoms with Gasteiger partial charge in [0.25, 0.3) is 0 Å². The molecule has 1 heterocycles. The lowest BCUT2D eigenvalue weighted by atomic mass is 9.84. The van der Waals surface area contributed by atoms with Crippen LogP contribution >= 0.6 is 11.6 Å². The molecule has 4 nitrogen and oxygen atoms in total. The third-order valence-corrected chi connectivity index (χ3v) is 5.34. The molecule has 2 amide bonds. The van der Waals surface area contributed by atoms with E-state index in [1.807, 2.05) is 29.2 Å². The molecular weight excluding hydrogens is 312 g/mol. The molecule has 0 unspecified atom stereocenters. The topological polar surface area (TPSA) is 49.4 Å². The number of benzene rings is 1. The molecule has 0 bridgehead atoms. The Morgan fingerprint density at radius 1 is 1.13 bits per heavy atom. The average molecular weight is 335 g/mol. The summed E-state index contributed by atoms with van der Waals surface area (Å²) in [5, 5.41) is 3.78. The van der Waals surface area contributed by atoms with E-state index in [0.717, 1.165) is 31.2 Å². The Morgan fingerprint density at radius 3 is 2.43 bits per heavy atom. The zero-order valence-corrected chi connectivity index (χ0v) is 14.0. The fourth-order valence-corrected chi connectivity index (χ4v) is 3.38. The quantitative estimate of drug-likeness (QED) is 0.920. The average Bonchev–Trinajstić information content (AvgIpc) is 2.48. The minimum atomic E-state index is 0.113. The lowest BCUT2D eigenvalue weighted by molar-refractivity contribution is -0.132. The molecule has 0 radical (unpaired) electrons. The number of nitrogens with one attached hydrogen (secondary N) is 1. The van der Waals surface area contributed by atoms with E-state index >= 15 is 0 Å². The molecule has 1 aliphatic heterocycles. The van der Waals surface area contributed by atoms with Crippen molar-refractivity contribution >= 4 is 23.4 Å². The number of likely N-dealkylation sites (tertiary alicyclic amines) is 1. The first-order valence-electron chi connectivity index (χ1n) is 8.45. The maximum Gasteiger partial charge on any atom is 0.227 e. The van der Waals surface area contributed by atoms with Crippen molar-refractivity contribution < 1.29 is 9.59 Å². The Morgan fingerprint density at radius 2 is 1.83 bits per heavy atom. The molecule has 124 valence electrons. The monoisotopic (exact) mass is 334 g/mol. The highest BCUT2D eigenvalue weighted by Gasteiger charge is 2.29. The zero-order chi connectivity index (χ0) is 16.2. The van der Waals surface area contributed by atoms with E-state index in [1.54, 1.807) is 0 Å². The number of halogens is 1. The number of hydrogen-bond acceptors (Lipinski definition) is 2. The Kier molecular flexibility index (Phi) is 5.21. The Balaban J connectivity index is 1.45. The van der Waals surface area contributed by atoms with Gasteiger partial charge in [-0.1, -0.05) is 36.2 Å². The van der Waals surface area contributed by atoms with Crippen LogP contribution in [0.25, 0.3) is 0 Å². The summed E-state index contributed by atoms with van der Waals surface area (Å²) in [6.45, 7) is 1.41. The van der Waals surface area contributed by atoms with Gasteiger partial charge in [-0.25, -0.2) is 0 Å². The van der Waals surface area contributed by atoms with Gasteiger partial charge in [-0.05, 0) is 37.3 Å². The van der Waals surface area contributed by atoms with Crippen LogP contribution in [0.2, 0.25) is 5.02 Å². The second-order valence-corrected chi connectivity index (χ2v) is 6.97. The lowest BCUT2D eigenvalue weighted by Gasteiger charge is -2.34. The van der Waals surface area contributed by atoms with E-state index in [0.29, 0.717) is 24.5 Å². The van der Waals surface area contributed by atoms with Gasteiger partial charge in [0.2, 0.25) is 11.8 Å². The summed E-state index contributed by atoms with van der Waals surface area (Å²) in [7, 11) is 0. The lowest BCUT2D eigenvalue weighted by Crippen LogP contribution is -2.48. The minimum Gasteiger partial charge on any atom is -0.353 e. The highest BCUT2D eigenvalue weighted by atomic mass is 35.5. The first-order valence-corrected chi connectivity index (χ1v) is 8.83. The van der Waals surface area contributed by atoms with Crippen molar-refractivity contribution in [1.29, 1.82) is 0 Å². The third-order valence-electron chi connectivity index (χ3n) is 4.97. The first-order chi connectivity index (χ1) is 11.1. The number of carbonyl (C=O) groups is 2. The van der Waals surface area contributed by atoms with Crippen LogP contribution in [0.5, 0.6) is 0 Å². The molecule has 1 aromatic carbocycles. The van der Waals surface area contributed by atoms with Crippen molar-refractivity contribution in [2.75, 3.05) is 13.1 Å². The van der Waals surface area contributed by atoms with E-state index in [1.165, 1.54) is 6.42 Å². The SMILES string of the molecule is O=C(NC1CCN(C(=O)Cc2ccccc2Cl)CC1)C1CCC1. The van der Waals surface area contributed by atoms with E-state index in [2.05, 4.69) is 5.32 Å². The highest BCUT2D eigenvalue weighted by molar-refractivity contribution is 6.31. The molecule has 0 aromatic heterocycles. The number of nitrogens with zero attached hydrogens (tertiary/aromatic N) is 1. The molecule has 0 atom stereocenters. The number of rotatable bonds is 4. The molecule has 2 fully saturated rings. The van der Waals surface area contributed by atoms with E-state index in [4.69, 9.17) is 11.6 Å². The van der Waals surface area contributed by atoms with Gasteiger partial charge >= 0.3 is 0 Å². The van der Waals surface area contributed by atoms with Crippen LogP contribution in [0.4, 0.5) is 0 Å². The van der Waals surface area contributed by atoms with Crippen LogP contribution in [0.1, 0.15) is 37.7 Å². The van der Waals surface area contributed by atoms with Crippen LogP contribution in [0.3, 0.4) is 0 Å². The molecule has 0 spiro atoms. The summed E-state index contributed by atoms with van der Waals surface area (Å²) in [6.07, 6.45) is 5.26. The van der Waals surface area contributed by atoms with Crippen molar-refractivity contribution in [3.05, 3.63) is 34.9 Å². The van der Waals surface area contributed by atoms with Crippen LogP contribution in [0.15, 0.2) is 24.3 Å². The molecule has 1 saturated carbocycles. The molecule has 2 aliphatic rings. The first kappa shape index (κ1) is 16.3. The molecule has 1 aromatic rings. The molecule has 5 heteroatoms. The zero-order valence-electron chi connectivity index (χ0n) is 13.3. The third kappa shape index (κ3) is 4.05. The molecule has 1 N–H and O–H groups in total. The van der Waals surface area contributed by atoms with Crippen molar-refractivity contribution in [1.82, 2.24) is 10.2 Å². The van der Waals surface area contributed by atoms with Crippen molar-refractivity contribution in [2.24, 2.45) is 5.92 Å². The number of piperidine rings is 1. The van der Waals surface area contributed by atoms with Crippen molar-refractivity contribution in [3.8, 4) is 0 Å². The Hall–Kier alpha value is -1.55. The van der Waals surface area contributed by atoms with Crippen LogP contribution in [-0.4, -0.2) is 35.8 Å². The number of amides is 2. The van der Waals surface area contributed by atoms with Crippen LogP contribution < -0.4 is 5.32 Å². The standard InChI is InChI=1S/C18H23ClN2O2/c19-16-7-2-1-4-14(16)12-17(22)21-10-8-15(9-11-21)20-18(23)13-5-3-6-13/h1-2,4,7,13,15H,3,5-6,8-12H2,(H,20,23). The van der Waals surface area contributed by atoms with Gasteiger partial charge in [0, 0.05) is 30.1 Å². The molecule has 1 saturated heterocycles. The fraction of sp³-hybridized carbons (Fsp3) is 0.556. The van der Waals surface area contributed by atoms with E-state index < -0.39 is 0 Å². The summed E-state index contributed by atoms with van der Waals surface area (Å²) in [5.74, 6) is 0.550. The molecule has 3 rings (SSSR count). The van der Waals surface area contributed by atoms with Gasteiger partial charge < -0.3 is 10.2 Å². The summed E-state index contributed by atoms with van der Waals surface area (Å²) < 4.78 is 0. The van der Waals surface area contributed by atoms with Crippen molar-refractivity contribution in [2.45, 2.75) is 44.6 Å². The van der Waals surface area contributed by atoms with Crippen molar-refractivity contribution in [3.63, 3.8) is 0 Å². The predicted molar refractivity (Wildman–Crippen MR) is 90.2 cm³/mol. The van der Waals surface area contributed by atoms with Gasteiger partial charge in [-0.3, -0.25) is 9.59 Å². The predicted octanol–water partition coefficient (Wildman–Crippen LogP) is 2.79. The second kappa shape index (κ2) is 7.35. The van der Waals surface area contributed by atoms with Crippen LogP contribution in [-0.2, 0) is 16.0 Å². The summed E-state index contributed by atoms with van der Waals surface area (Å²) >= 11 is 6.12. The van der Waals surface area contributed by atoms with Gasteiger partial charge in [0.05, 0.1) is 6.42 Å². The second-order valence-electron chi connectivity index (χ2n) is 6.56. The maximum absolute atomic E-state index is 12.4. The van der Waals surface area contributed by atoms with Crippen LogP contribution in [0, 0.1) is 5.92 Å². The minimum absolute atomic E-state index is 0.113. The van der Waals surface area contributed by atoms with Gasteiger partial charge in [-0.2, -0.15) is 0 Å². The highest BCUT2D eigenvalue weighted by Crippen LogP contribution is 2.27. The molecule has 1 aliphatic carbocycles. The summed E-state index contributed by atoms with van der Waals surface area (Å²) in [5.41, 5.74) is 0.875. The summed E-state index contributed by atoms with van der Waals surface area (Å²) in [6, 6.07) is 7.69. The van der Waals surface area contributed by atoms with Gasteiger partial charge in [0.15, 0.2) is 0 Å². The largest absolute Gasteiger partial charge is 0.353 e. The normalized spacial score (nSPS) is 19.3. The van der Waals surface area contributed by atoms with E-state index in [9.17, 15) is 9.59 Å². The maximum atomic E-state index is 12.4. The molecule has 23 heavy (non-hydrogen) atoms. The number of carbonyl (C=O) groups excluding carboxylic acids is 2. The smallest absolute Gasteiger partial charge is 0.227 e. The Labute approximate surface area is 142 Å². The van der Waals surface area contributed by atoms with E-state index in [-0.39, 0.29) is 23.8 Å².